The fraction of sp³-hybridized carbons (Fsp3) is 0.394. The average molecular weight is 610 g/mol. The molecular weight excluding hydrogens is 570 g/mol. The van der Waals surface area contributed by atoms with Crippen molar-refractivity contribution in [1.82, 2.24) is 10.2 Å². The number of carbonyl (C=O) groups is 2. The van der Waals surface area contributed by atoms with Crippen molar-refractivity contribution in [3.63, 3.8) is 0 Å². The molecule has 1 aliphatic carbocycles. The van der Waals surface area contributed by atoms with Gasteiger partial charge in [-0.1, -0.05) is 78.9 Å². The summed E-state index contributed by atoms with van der Waals surface area (Å²) in [7, 11) is -4.15. The lowest BCUT2D eigenvalue weighted by Gasteiger charge is -2.33. The topological polar surface area (TPSA) is 86.8 Å². The van der Waals surface area contributed by atoms with Gasteiger partial charge in [-0.05, 0) is 81.5 Å². The van der Waals surface area contributed by atoms with Gasteiger partial charge in [0.25, 0.3) is 10.0 Å². The highest BCUT2D eigenvalue weighted by atomic mass is 35.5. The summed E-state index contributed by atoms with van der Waals surface area (Å²) in [4.78, 5) is 29.2. The Kier molecular flexibility index (Phi) is 10.3. The number of anilines is 1. The molecule has 0 radical (unpaired) electrons. The summed E-state index contributed by atoms with van der Waals surface area (Å²) in [5.41, 5.74) is 3.83. The highest BCUT2D eigenvalue weighted by Crippen LogP contribution is 2.29. The van der Waals surface area contributed by atoms with Crippen LogP contribution in [0.3, 0.4) is 0 Å². The third kappa shape index (κ3) is 7.53. The van der Waals surface area contributed by atoms with Gasteiger partial charge < -0.3 is 10.2 Å². The van der Waals surface area contributed by atoms with Crippen LogP contribution in [0.2, 0.25) is 5.02 Å². The van der Waals surface area contributed by atoms with Crippen molar-refractivity contribution in [2.75, 3.05) is 10.8 Å². The molecule has 7 nitrogen and oxygen atoms in total. The van der Waals surface area contributed by atoms with Crippen LogP contribution in [0.15, 0.2) is 71.6 Å². The van der Waals surface area contributed by atoms with E-state index in [-0.39, 0.29) is 29.1 Å². The zero-order valence-electron chi connectivity index (χ0n) is 24.8. The van der Waals surface area contributed by atoms with Crippen molar-refractivity contribution in [2.45, 2.75) is 83.3 Å². The van der Waals surface area contributed by atoms with Gasteiger partial charge in [0, 0.05) is 17.6 Å². The van der Waals surface area contributed by atoms with Crippen molar-refractivity contribution in [3.05, 3.63) is 94.0 Å². The molecule has 1 atom stereocenters. The van der Waals surface area contributed by atoms with Gasteiger partial charge in [0.05, 0.1) is 10.6 Å². The molecule has 3 aromatic rings. The van der Waals surface area contributed by atoms with Crippen LogP contribution in [0.1, 0.15) is 61.3 Å². The molecule has 3 aromatic carbocycles. The third-order valence-electron chi connectivity index (χ3n) is 8.05. The Morgan fingerprint density at radius 3 is 2.24 bits per heavy atom. The van der Waals surface area contributed by atoms with Crippen LogP contribution in [-0.2, 0) is 26.2 Å². The molecule has 4 rings (SSSR count). The molecule has 0 bridgehead atoms. The molecule has 1 aliphatic rings. The minimum Gasteiger partial charge on any atom is -0.352 e. The van der Waals surface area contributed by atoms with Crippen molar-refractivity contribution in [1.29, 1.82) is 0 Å². The number of hydrogen-bond donors (Lipinski definition) is 1. The molecule has 224 valence electrons. The molecule has 0 spiro atoms. The van der Waals surface area contributed by atoms with E-state index >= 15 is 0 Å². The Bertz CT molecular complexity index is 1520. The molecule has 42 heavy (non-hydrogen) atoms. The molecular formula is C33H40ClN3O4S. The first kappa shape index (κ1) is 31.6. The number of benzene rings is 3. The number of carbonyl (C=O) groups excluding carboxylic acids is 2. The number of halogens is 1. The fourth-order valence-electron chi connectivity index (χ4n) is 5.23. The van der Waals surface area contributed by atoms with Crippen LogP contribution < -0.4 is 9.62 Å². The maximum atomic E-state index is 14.2. The first-order chi connectivity index (χ1) is 20.0. The summed E-state index contributed by atoms with van der Waals surface area (Å²) in [5, 5.41) is 3.52. The number of hydrogen-bond acceptors (Lipinski definition) is 4. The smallest absolute Gasteiger partial charge is 0.264 e. The molecule has 0 aliphatic heterocycles. The predicted molar refractivity (Wildman–Crippen MR) is 168 cm³/mol. The highest BCUT2D eigenvalue weighted by Gasteiger charge is 2.33. The van der Waals surface area contributed by atoms with E-state index in [0.717, 1.165) is 58.7 Å². The fourth-order valence-corrected chi connectivity index (χ4v) is 6.81. The molecule has 0 saturated heterocycles. The summed E-state index contributed by atoms with van der Waals surface area (Å²) in [6, 6.07) is 18.4. The summed E-state index contributed by atoms with van der Waals surface area (Å²) < 4.78 is 29.1. The minimum absolute atomic E-state index is 0.0612. The van der Waals surface area contributed by atoms with E-state index in [1.165, 1.54) is 17.0 Å². The van der Waals surface area contributed by atoms with Crippen LogP contribution in [-0.4, -0.2) is 43.8 Å². The summed E-state index contributed by atoms with van der Waals surface area (Å²) >= 11 is 6.41. The lowest BCUT2D eigenvalue weighted by atomic mass is 9.95. The van der Waals surface area contributed by atoms with Gasteiger partial charge >= 0.3 is 0 Å². The van der Waals surface area contributed by atoms with Crippen molar-refractivity contribution in [2.24, 2.45) is 0 Å². The van der Waals surface area contributed by atoms with Gasteiger partial charge in [-0.15, -0.1) is 0 Å². The summed E-state index contributed by atoms with van der Waals surface area (Å²) in [6.45, 7) is 7.02. The standard InChI is InChI=1S/C33H40ClN3O4S/c1-23-14-18-30(19-15-23)42(40,41)37(29-17-16-25(3)31(34)20-29)22-32(38)36(21-27-11-9-8-10-24(27)2)26(4)33(39)35-28-12-6-5-7-13-28/h8-11,14-20,26,28H,5-7,12-13,21-22H2,1-4H3,(H,35,39)/t26-/m1/s1. The van der Waals surface area contributed by atoms with Gasteiger partial charge in [0.15, 0.2) is 0 Å². The predicted octanol–water partition coefficient (Wildman–Crippen LogP) is 6.33. The SMILES string of the molecule is Cc1ccc(S(=O)(=O)N(CC(=O)N(Cc2ccccc2C)[C@H](C)C(=O)NC2CCCCC2)c2ccc(C)c(Cl)c2)cc1. The molecule has 1 N–H and O–H groups in total. The summed E-state index contributed by atoms with van der Waals surface area (Å²) in [6.07, 6.45) is 5.13. The Morgan fingerprint density at radius 2 is 1.60 bits per heavy atom. The monoisotopic (exact) mass is 609 g/mol. The van der Waals surface area contributed by atoms with Gasteiger partial charge in [-0.2, -0.15) is 0 Å². The molecule has 0 heterocycles. The molecule has 1 fully saturated rings. The second-order valence-electron chi connectivity index (χ2n) is 11.2. The number of nitrogens with zero attached hydrogens (tertiary/aromatic N) is 2. The number of rotatable bonds is 10. The van der Waals surface area contributed by atoms with E-state index < -0.39 is 28.5 Å². The number of amides is 2. The maximum Gasteiger partial charge on any atom is 0.264 e. The molecule has 0 aromatic heterocycles. The second kappa shape index (κ2) is 13.7. The lowest BCUT2D eigenvalue weighted by Crippen LogP contribution is -2.53. The molecule has 1 saturated carbocycles. The van der Waals surface area contributed by atoms with E-state index in [9.17, 15) is 18.0 Å². The Morgan fingerprint density at radius 1 is 0.929 bits per heavy atom. The van der Waals surface area contributed by atoms with E-state index in [0.29, 0.717) is 5.02 Å². The zero-order chi connectivity index (χ0) is 30.4. The first-order valence-electron chi connectivity index (χ1n) is 14.5. The van der Waals surface area contributed by atoms with Crippen molar-refractivity contribution in [3.8, 4) is 0 Å². The van der Waals surface area contributed by atoms with E-state index in [2.05, 4.69) is 5.32 Å². The van der Waals surface area contributed by atoms with Gasteiger partial charge in [-0.3, -0.25) is 13.9 Å². The van der Waals surface area contributed by atoms with Crippen LogP contribution in [0.25, 0.3) is 0 Å². The average Bonchev–Trinajstić information content (AvgIpc) is 2.97. The zero-order valence-corrected chi connectivity index (χ0v) is 26.3. The minimum atomic E-state index is -4.15. The highest BCUT2D eigenvalue weighted by molar-refractivity contribution is 7.92. The lowest BCUT2D eigenvalue weighted by molar-refractivity contribution is -0.139. The Labute approximate surface area is 254 Å². The van der Waals surface area contributed by atoms with Gasteiger partial charge in [-0.25, -0.2) is 8.42 Å². The summed E-state index contributed by atoms with van der Waals surface area (Å²) in [5.74, 6) is -0.730. The van der Waals surface area contributed by atoms with Gasteiger partial charge in [0.1, 0.15) is 12.6 Å². The molecule has 0 unspecified atom stereocenters. The molecule has 2 amide bonds. The largest absolute Gasteiger partial charge is 0.352 e. The van der Waals surface area contributed by atoms with Crippen LogP contribution in [0, 0.1) is 20.8 Å². The van der Waals surface area contributed by atoms with E-state index in [4.69, 9.17) is 11.6 Å². The quantitative estimate of drug-likeness (QED) is 0.291. The molecule has 9 heteroatoms. The normalized spacial score (nSPS) is 14.7. The van der Waals surface area contributed by atoms with E-state index in [1.54, 1.807) is 37.3 Å². The third-order valence-corrected chi connectivity index (χ3v) is 10.2. The number of aryl methyl sites for hydroxylation is 3. The van der Waals surface area contributed by atoms with Crippen molar-refractivity contribution >= 4 is 39.1 Å². The number of sulfonamides is 1. The number of nitrogens with one attached hydrogen (secondary N) is 1. The van der Waals surface area contributed by atoms with Gasteiger partial charge in [0.2, 0.25) is 11.8 Å². The van der Waals surface area contributed by atoms with Crippen LogP contribution in [0.4, 0.5) is 5.69 Å². The van der Waals surface area contributed by atoms with Crippen molar-refractivity contribution < 1.29 is 18.0 Å². The van der Waals surface area contributed by atoms with Crippen LogP contribution in [0.5, 0.6) is 0 Å². The maximum absolute atomic E-state index is 14.2. The second-order valence-corrected chi connectivity index (χ2v) is 13.5. The van der Waals surface area contributed by atoms with Crippen LogP contribution >= 0.6 is 11.6 Å². The van der Waals surface area contributed by atoms with E-state index in [1.807, 2.05) is 45.0 Å². The Balaban J connectivity index is 1.70. The Hall–Kier alpha value is -3.36. The first-order valence-corrected chi connectivity index (χ1v) is 16.3.